The first kappa shape index (κ1) is 25.3. The predicted octanol–water partition coefficient (Wildman–Crippen LogP) is 5.91. The number of benzene rings is 2. The molecular formula is C28H36N2O4. The summed E-state index contributed by atoms with van der Waals surface area (Å²) in [5.74, 6) is 0.620. The summed E-state index contributed by atoms with van der Waals surface area (Å²) in [5.41, 5.74) is 14.4. The number of nitrogens with two attached hydrogens (primary N) is 2. The molecule has 0 heterocycles. The maximum absolute atomic E-state index is 12.1. The van der Waals surface area contributed by atoms with Gasteiger partial charge in [0.2, 0.25) is 0 Å². The molecule has 2 aromatic carbocycles. The Labute approximate surface area is 202 Å². The van der Waals surface area contributed by atoms with E-state index in [9.17, 15) is 9.59 Å². The molecule has 1 fully saturated rings. The largest absolute Gasteiger partial charge is 0.458 e. The number of hydrogen-bond donors (Lipinski definition) is 2. The van der Waals surface area contributed by atoms with Crippen molar-refractivity contribution in [1.82, 2.24) is 0 Å². The summed E-state index contributed by atoms with van der Waals surface area (Å²) in [6, 6.07) is 12.7. The number of carbonyl (C=O) groups is 2. The normalized spacial score (nSPS) is 18.0. The molecule has 0 amide bonds. The molecule has 0 spiro atoms. The Morgan fingerprint density at radius 1 is 0.941 bits per heavy atom. The zero-order valence-electron chi connectivity index (χ0n) is 20.0. The zero-order valence-corrected chi connectivity index (χ0v) is 20.0. The molecule has 0 unspecified atom stereocenters. The summed E-state index contributed by atoms with van der Waals surface area (Å²) >= 11 is 0. The van der Waals surface area contributed by atoms with E-state index >= 15 is 0 Å². The lowest BCUT2D eigenvalue weighted by atomic mass is 9.77. The van der Waals surface area contributed by atoms with Gasteiger partial charge in [0.05, 0.1) is 0 Å². The van der Waals surface area contributed by atoms with E-state index in [1.807, 2.05) is 24.3 Å². The summed E-state index contributed by atoms with van der Waals surface area (Å²) in [6.07, 6.45) is 12.5. The second kappa shape index (κ2) is 12.8. The lowest BCUT2D eigenvalue weighted by Gasteiger charge is -2.29. The maximum Gasteiger partial charge on any atom is 0.336 e. The van der Waals surface area contributed by atoms with Crippen LogP contribution in [-0.4, -0.2) is 11.9 Å². The lowest BCUT2D eigenvalue weighted by molar-refractivity contribution is -0.139. The number of esters is 2. The third-order valence-corrected chi connectivity index (χ3v) is 6.53. The Balaban J connectivity index is 1.41. The molecule has 34 heavy (non-hydrogen) atoms. The highest BCUT2D eigenvalue weighted by Gasteiger charge is 2.22. The van der Waals surface area contributed by atoms with Gasteiger partial charge in [-0.2, -0.15) is 0 Å². The fourth-order valence-corrected chi connectivity index (χ4v) is 4.50. The minimum atomic E-state index is -0.659. The summed E-state index contributed by atoms with van der Waals surface area (Å²) in [6.45, 7) is 2.25. The van der Waals surface area contributed by atoms with Crippen molar-refractivity contribution >= 4 is 23.3 Å². The smallest absolute Gasteiger partial charge is 0.336 e. The Kier molecular flexibility index (Phi) is 9.56. The second-order valence-electron chi connectivity index (χ2n) is 9.10. The van der Waals surface area contributed by atoms with Crippen molar-refractivity contribution in [1.29, 1.82) is 0 Å². The third kappa shape index (κ3) is 7.94. The van der Waals surface area contributed by atoms with Crippen molar-refractivity contribution in [2.45, 2.75) is 70.8 Å². The Morgan fingerprint density at radius 2 is 1.65 bits per heavy atom. The van der Waals surface area contributed by atoms with Crippen molar-refractivity contribution < 1.29 is 19.1 Å². The average Bonchev–Trinajstić information content (AvgIpc) is 2.83. The van der Waals surface area contributed by atoms with Crippen LogP contribution >= 0.6 is 0 Å². The number of rotatable bonds is 10. The van der Waals surface area contributed by atoms with Gasteiger partial charge in [-0.1, -0.05) is 50.8 Å². The first-order valence-electron chi connectivity index (χ1n) is 12.2. The molecule has 6 heteroatoms. The summed E-state index contributed by atoms with van der Waals surface area (Å²) in [7, 11) is 0. The van der Waals surface area contributed by atoms with Crippen LogP contribution in [0.2, 0.25) is 0 Å². The van der Waals surface area contributed by atoms with Crippen LogP contribution in [0.25, 0.3) is 0 Å². The van der Waals surface area contributed by atoms with Gasteiger partial charge in [0, 0.05) is 29.1 Å². The second-order valence-corrected chi connectivity index (χ2v) is 9.10. The maximum atomic E-state index is 12.1. The predicted molar refractivity (Wildman–Crippen MR) is 135 cm³/mol. The fourth-order valence-electron chi connectivity index (χ4n) is 4.50. The molecule has 182 valence electrons. The van der Waals surface area contributed by atoms with E-state index in [1.165, 1.54) is 56.9 Å². The Morgan fingerprint density at radius 3 is 2.32 bits per heavy atom. The first-order chi connectivity index (χ1) is 16.4. The van der Waals surface area contributed by atoms with E-state index in [0.717, 1.165) is 18.1 Å². The van der Waals surface area contributed by atoms with Crippen LogP contribution in [0, 0.1) is 5.92 Å². The number of hydrogen-bond acceptors (Lipinski definition) is 6. The number of unbranched alkanes of at least 4 members (excludes halogenated alkanes) is 2. The van der Waals surface area contributed by atoms with E-state index in [1.54, 1.807) is 18.2 Å². The van der Waals surface area contributed by atoms with Gasteiger partial charge in [-0.3, -0.25) is 0 Å². The van der Waals surface area contributed by atoms with Crippen LogP contribution in [0.1, 0.15) is 75.3 Å². The van der Waals surface area contributed by atoms with Gasteiger partial charge in [0.25, 0.3) is 0 Å². The number of carbonyl (C=O) groups excluding carboxylic acids is 2. The van der Waals surface area contributed by atoms with Gasteiger partial charge >= 0.3 is 11.9 Å². The van der Waals surface area contributed by atoms with Crippen LogP contribution in [0.5, 0.6) is 5.75 Å². The quantitative estimate of drug-likeness (QED) is 0.149. The Hall–Kier alpha value is -3.28. The fraction of sp³-hybridized carbons (Fsp3) is 0.429. The van der Waals surface area contributed by atoms with Gasteiger partial charge in [-0.25, -0.2) is 9.59 Å². The van der Waals surface area contributed by atoms with Gasteiger partial charge < -0.3 is 20.9 Å². The van der Waals surface area contributed by atoms with E-state index in [0.29, 0.717) is 28.6 Å². The van der Waals surface area contributed by atoms with Gasteiger partial charge in [-0.05, 0) is 67.3 Å². The Bertz CT molecular complexity index is 976. The molecule has 2 aromatic rings. The standard InChI is InChI=1S/C28H36N2O4/c1-2-3-4-5-20-6-8-21(9-7-20)22-11-14-25(15-12-22)34-28(32)17-16-27(31)33-19-23-10-13-24(29)18-26(23)30/h10-18,20-21H,2-9,19,29-30H2,1H3. The van der Waals surface area contributed by atoms with Crippen molar-refractivity contribution in [3.8, 4) is 5.75 Å². The molecule has 0 atom stereocenters. The molecule has 0 saturated heterocycles. The molecule has 0 radical (unpaired) electrons. The number of nitrogen functional groups attached to an aromatic ring is 2. The average molecular weight is 465 g/mol. The van der Waals surface area contributed by atoms with Crippen LogP contribution in [0.4, 0.5) is 11.4 Å². The molecule has 1 aliphatic carbocycles. The zero-order chi connectivity index (χ0) is 24.3. The minimum Gasteiger partial charge on any atom is -0.458 e. The lowest BCUT2D eigenvalue weighted by Crippen LogP contribution is -2.13. The van der Waals surface area contributed by atoms with E-state index in [4.69, 9.17) is 20.9 Å². The molecule has 0 bridgehead atoms. The summed E-state index contributed by atoms with van der Waals surface area (Å²) in [4.78, 5) is 23.9. The van der Waals surface area contributed by atoms with Gasteiger partial charge in [0.1, 0.15) is 12.4 Å². The van der Waals surface area contributed by atoms with Gasteiger partial charge in [0.15, 0.2) is 0 Å². The topological polar surface area (TPSA) is 105 Å². The highest BCUT2D eigenvalue weighted by atomic mass is 16.5. The molecule has 0 aromatic heterocycles. The highest BCUT2D eigenvalue weighted by molar-refractivity contribution is 5.92. The van der Waals surface area contributed by atoms with E-state index in [2.05, 4.69) is 6.92 Å². The SMILES string of the molecule is CCCCCC1CCC(c2ccc(OC(=O)C=CC(=O)OCc3ccc(N)cc3N)cc2)CC1. The van der Waals surface area contributed by atoms with E-state index in [-0.39, 0.29) is 6.61 Å². The van der Waals surface area contributed by atoms with Crippen molar-refractivity contribution in [3.05, 3.63) is 65.7 Å². The number of ether oxygens (including phenoxy) is 2. The molecule has 4 N–H and O–H groups in total. The van der Waals surface area contributed by atoms with Crippen molar-refractivity contribution in [2.24, 2.45) is 5.92 Å². The third-order valence-electron chi connectivity index (χ3n) is 6.53. The first-order valence-corrected chi connectivity index (χ1v) is 12.2. The monoisotopic (exact) mass is 464 g/mol. The van der Waals surface area contributed by atoms with E-state index < -0.39 is 11.9 Å². The highest BCUT2D eigenvalue weighted by Crippen LogP contribution is 2.38. The van der Waals surface area contributed by atoms with Crippen molar-refractivity contribution in [3.63, 3.8) is 0 Å². The van der Waals surface area contributed by atoms with Gasteiger partial charge in [-0.15, -0.1) is 0 Å². The van der Waals surface area contributed by atoms with Crippen LogP contribution < -0.4 is 16.2 Å². The van der Waals surface area contributed by atoms with Crippen LogP contribution in [0.3, 0.4) is 0 Å². The molecule has 1 saturated carbocycles. The minimum absolute atomic E-state index is 0.00749. The molecule has 3 rings (SSSR count). The molecule has 1 aliphatic rings. The molecule has 0 aliphatic heterocycles. The summed E-state index contributed by atoms with van der Waals surface area (Å²) < 4.78 is 10.4. The van der Waals surface area contributed by atoms with Crippen LogP contribution in [-0.2, 0) is 20.9 Å². The van der Waals surface area contributed by atoms with Crippen LogP contribution in [0.15, 0.2) is 54.6 Å². The van der Waals surface area contributed by atoms with Crippen molar-refractivity contribution in [2.75, 3.05) is 11.5 Å². The number of anilines is 2. The summed E-state index contributed by atoms with van der Waals surface area (Å²) in [5, 5.41) is 0. The molecular weight excluding hydrogens is 428 g/mol. The molecule has 6 nitrogen and oxygen atoms in total.